The van der Waals surface area contributed by atoms with E-state index in [1.807, 2.05) is 38.1 Å². The number of rotatable bonds is 6. The van der Waals surface area contributed by atoms with Crippen LogP contribution in [-0.2, 0) is 16.1 Å². The maximum Gasteiger partial charge on any atom is 0.226 e. The highest BCUT2D eigenvalue weighted by molar-refractivity contribution is 5.91. The zero-order chi connectivity index (χ0) is 17.7. The number of hydrogen-bond acceptors (Lipinski definition) is 4. The largest absolute Gasteiger partial charge is 0.392 e. The number of para-hydroxylation sites is 1. The minimum Gasteiger partial charge on any atom is -0.392 e. The van der Waals surface area contributed by atoms with Crippen molar-refractivity contribution in [2.45, 2.75) is 59.0 Å². The van der Waals surface area contributed by atoms with Crippen molar-refractivity contribution in [3.63, 3.8) is 0 Å². The summed E-state index contributed by atoms with van der Waals surface area (Å²) in [6, 6.07) is 7.87. The van der Waals surface area contributed by atoms with E-state index in [9.17, 15) is 9.90 Å². The predicted molar refractivity (Wildman–Crippen MR) is 95.8 cm³/mol. The molecule has 1 heterocycles. The van der Waals surface area contributed by atoms with Crippen LogP contribution in [0.25, 0.3) is 0 Å². The lowest BCUT2D eigenvalue weighted by molar-refractivity contribution is -0.118. The van der Waals surface area contributed by atoms with Crippen LogP contribution in [0.1, 0.15) is 39.7 Å². The second-order valence-electron chi connectivity index (χ2n) is 7.17. The SMILES string of the molecule is CC1CN(Cc2ccccc2NC(=O)CC(O)C(C)C)CC(C)O1. The average molecular weight is 334 g/mol. The zero-order valence-corrected chi connectivity index (χ0v) is 15.2. The number of nitrogens with one attached hydrogen (secondary N) is 1. The maximum atomic E-state index is 12.2. The van der Waals surface area contributed by atoms with E-state index in [0.29, 0.717) is 0 Å². The maximum absolute atomic E-state index is 12.2. The molecule has 1 aromatic carbocycles. The van der Waals surface area contributed by atoms with Crippen molar-refractivity contribution in [2.24, 2.45) is 5.92 Å². The van der Waals surface area contributed by atoms with Gasteiger partial charge in [0.25, 0.3) is 0 Å². The van der Waals surface area contributed by atoms with Crippen LogP contribution < -0.4 is 5.32 Å². The van der Waals surface area contributed by atoms with E-state index < -0.39 is 6.10 Å². The van der Waals surface area contributed by atoms with Gasteiger partial charge in [-0.05, 0) is 31.4 Å². The number of carbonyl (C=O) groups is 1. The lowest BCUT2D eigenvalue weighted by Crippen LogP contribution is -2.44. The molecule has 1 aromatic rings. The minimum atomic E-state index is -0.613. The number of benzene rings is 1. The van der Waals surface area contributed by atoms with Crippen molar-refractivity contribution in [3.05, 3.63) is 29.8 Å². The van der Waals surface area contributed by atoms with Crippen molar-refractivity contribution in [1.82, 2.24) is 4.90 Å². The first kappa shape index (κ1) is 18.9. The number of aliphatic hydroxyl groups is 1. The van der Waals surface area contributed by atoms with Gasteiger partial charge in [0.1, 0.15) is 0 Å². The number of amides is 1. The number of morpholine rings is 1. The van der Waals surface area contributed by atoms with Gasteiger partial charge >= 0.3 is 0 Å². The van der Waals surface area contributed by atoms with Crippen LogP contribution in [0.5, 0.6) is 0 Å². The van der Waals surface area contributed by atoms with Gasteiger partial charge < -0.3 is 15.2 Å². The van der Waals surface area contributed by atoms with Crippen LogP contribution in [0.15, 0.2) is 24.3 Å². The van der Waals surface area contributed by atoms with E-state index in [4.69, 9.17) is 4.74 Å². The normalized spacial score (nSPS) is 23.2. The quantitative estimate of drug-likeness (QED) is 0.839. The molecule has 1 saturated heterocycles. The van der Waals surface area contributed by atoms with Crippen molar-refractivity contribution in [1.29, 1.82) is 0 Å². The van der Waals surface area contributed by atoms with Crippen molar-refractivity contribution < 1.29 is 14.6 Å². The van der Waals surface area contributed by atoms with E-state index in [0.717, 1.165) is 30.9 Å². The lowest BCUT2D eigenvalue weighted by atomic mass is 10.0. The Hall–Kier alpha value is -1.43. The third-order valence-corrected chi connectivity index (χ3v) is 4.34. The van der Waals surface area contributed by atoms with Crippen molar-refractivity contribution in [3.8, 4) is 0 Å². The van der Waals surface area contributed by atoms with Crippen LogP contribution in [0.2, 0.25) is 0 Å². The van der Waals surface area contributed by atoms with Gasteiger partial charge in [0.15, 0.2) is 0 Å². The highest BCUT2D eigenvalue weighted by atomic mass is 16.5. The summed E-state index contributed by atoms with van der Waals surface area (Å²) in [4.78, 5) is 14.5. The highest BCUT2D eigenvalue weighted by Crippen LogP contribution is 2.21. The van der Waals surface area contributed by atoms with Gasteiger partial charge in [-0.15, -0.1) is 0 Å². The predicted octanol–water partition coefficient (Wildman–Crippen LogP) is 2.64. The molecule has 0 aromatic heterocycles. The van der Waals surface area contributed by atoms with E-state index in [1.165, 1.54) is 0 Å². The smallest absolute Gasteiger partial charge is 0.226 e. The molecule has 1 aliphatic rings. The van der Waals surface area contributed by atoms with Gasteiger partial charge in [-0.25, -0.2) is 0 Å². The molecule has 0 saturated carbocycles. The van der Waals surface area contributed by atoms with Gasteiger partial charge in [-0.2, -0.15) is 0 Å². The summed E-state index contributed by atoms with van der Waals surface area (Å²) < 4.78 is 5.78. The molecule has 2 N–H and O–H groups in total. The number of anilines is 1. The Balaban J connectivity index is 2.00. The highest BCUT2D eigenvalue weighted by Gasteiger charge is 2.23. The molecule has 3 unspecified atom stereocenters. The average Bonchev–Trinajstić information content (AvgIpc) is 2.48. The summed E-state index contributed by atoms with van der Waals surface area (Å²) in [6.45, 7) is 10.5. The number of carbonyl (C=O) groups excluding carboxylic acids is 1. The Bertz CT molecular complexity index is 537. The first-order chi connectivity index (χ1) is 11.3. The van der Waals surface area contributed by atoms with Gasteiger partial charge in [0.2, 0.25) is 5.91 Å². The van der Waals surface area contributed by atoms with Gasteiger partial charge in [-0.1, -0.05) is 32.0 Å². The Kier molecular flexibility index (Phi) is 6.78. The fourth-order valence-electron chi connectivity index (χ4n) is 3.06. The second kappa shape index (κ2) is 8.60. The minimum absolute atomic E-state index is 0.0716. The molecule has 0 bridgehead atoms. The van der Waals surface area contributed by atoms with Gasteiger partial charge in [-0.3, -0.25) is 9.69 Å². The summed E-state index contributed by atoms with van der Waals surface area (Å²) >= 11 is 0. The topological polar surface area (TPSA) is 61.8 Å². The summed E-state index contributed by atoms with van der Waals surface area (Å²) in [5, 5.41) is 12.8. The van der Waals surface area contributed by atoms with E-state index in [1.54, 1.807) is 0 Å². The molecule has 24 heavy (non-hydrogen) atoms. The number of hydrogen-bond donors (Lipinski definition) is 2. The molecule has 3 atom stereocenters. The summed E-state index contributed by atoms with van der Waals surface area (Å²) in [7, 11) is 0. The van der Waals surface area contributed by atoms with Crippen molar-refractivity contribution >= 4 is 11.6 Å². The second-order valence-corrected chi connectivity index (χ2v) is 7.17. The molecule has 1 aliphatic heterocycles. The monoisotopic (exact) mass is 334 g/mol. The molecule has 5 heteroatoms. The third kappa shape index (κ3) is 5.58. The first-order valence-corrected chi connectivity index (χ1v) is 8.78. The Morgan fingerprint density at radius 1 is 1.29 bits per heavy atom. The molecule has 0 aliphatic carbocycles. The molecule has 5 nitrogen and oxygen atoms in total. The van der Waals surface area contributed by atoms with Crippen LogP contribution in [0.4, 0.5) is 5.69 Å². The van der Waals surface area contributed by atoms with Crippen molar-refractivity contribution in [2.75, 3.05) is 18.4 Å². The summed E-state index contributed by atoms with van der Waals surface area (Å²) in [5.41, 5.74) is 1.91. The Labute approximate surface area is 145 Å². The molecule has 1 amide bonds. The molecule has 2 rings (SSSR count). The Morgan fingerprint density at radius 3 is 2.54 bits per heavy atom. The number of ether oxygens (including phenoxy) is 1. The number of nitrogens with zero attached hydrogens (tertiary/aromatic N) is 1. The molecular weight excluding hydrogens is 304 g/mol. The van der Waals surface area contributed by atoms with Gasteiger partial charge in [0.05, 0.1) is 24.7 Å². The van der Waals surface area contributed by atoms with E-state index in [2.05, 4.69) is 24.1 Å². The molecular formula is C19H30N2O3. The third-order valence-electron chi connectivity index (χ3n) is 4.34. The first-order valence-electron chi connectivity index (χ1n) is 8.78. The van der Waals surface area contributed by atoms with Crippen LogP contribution in [0.3, 0.4) is 0 Å². The van der Waals surface area contributed by atoms with E-state index >= 15 is 0 Å². The molecule has 0 radical (unpaired) electrons. The van der Waals surface area contributed by atoms with Gasteiger partial charge in [0, 0.05) is 25.3 Å². The van der Waals surface area contributed by atoms with Crippen LogP contribution >= 0.6 is 0 Å². The van der Waals surface area contributed by atoms with Crippen LogP contribution in [0, 0.1) is 5.92 Å². The lowest BCUT2D eigenvalue weighted by Gasteiger charge is -2.35. The standard InChI is InChI=1S/C19H30N2O3/c1-13(2)18(22)9-19(23)20-17-8-6-5-7-16(17)12-21-10-14(3)24-15(4)11-21/h5-8,13-15,18,22H,9-12H2,1-4H3,(H,20,23). The fourth-order valence-corrected chi connectivity index (χ4v) is 3.06. The fraction of sp³-hybridized carbons (Fsp3) is 0.632. The Morgan fingerprint density at radius 2 is 1.92 bits per heavy atom. The summed E-state index contributed by atoms with van der Waals surface area (Å²) in [6.07, 6.45) is -0.0519. The molecule has 134 valence electrons. The van der Waals surface area contributed by atoms with E-state index in [-0.39, 0.29) is 30.5 Å². The summed E-state index contributed by atoms with van der Waals surface area (Å²) in [5.74, 6) is -0.0744. The zero-order valence-electron chi connectivity index (χ0n) is 15.2. The number of aliphatic hydroxyl groups excluding tert-OH is 1. The molecule has 1 fully saturated rings. The van der Waals surface area contributed by atoms with Crippen LogP contribution in [-0.4, -0.2) is 47.3 Å². The molecule has 0 spiro atoms.